The molecular weight excluding hydrogens is 556 g/mol. The molecule has 2 aromatic rings. The van der Waals surface area contributed by atoms with Crippen LogP contribution in [0.4, 0.5) is 0 Å². The number of aryl methyl sites for hydroxylation is 1. The van der Waals surface area contributed by atoms with E-state index < -0.39 is 27.1 Å². The molecule has 38 heavy (non-hydrogen) atoms. The van der Waals surface area contributed by atoms with Crippen molar-refractivity contribution in [3.05, 3.63) is 75.5 Å². The number of amides is 1. The van der Waals surface area contributed by atoms with Gasteiger partial charge in [-0.25, -0.2) is 9.13 Å². The van der Waals surface area contributed by atoms with Gasteiger partial charge in [0.1, 0.15) is 0 Å². The van der Waals surface area contributed by atoms with Crippen molar-refractivity contribution in [2.45, 2.75) is 45.4 Å². The van der Waals surface area contributed by atoms with Crippen LogP contribution in [-0.2, 0) is 26.8 Å². The Balaban J connectivity index is 1.66. The Bertz CT molecular complexity index is 1310. The summed E-state index contributed by atoms with van der Waals surface area (Å²) in [5.74, 6) is -0.936. The van der Waals surface area contributed by atoms with Crippen molar-refractivity contribution < 1.29 is 42.5 Å². The molecule has 0 aromatic heterocycles. The minimum absolute atomic E-state index is 0.203. The average molecular weight is 586 g/mol. The van der Waals surface area contributed by atoms with E-state index in [4.69, 9.17) is 31.2 Å². The van der Waals surface area contributed by atoms with Crippen LogP contribution in [0.25, 0.3) is 0 Å². The molecule has 0 spiro atoms. The van der Waals surface area contributed by atoms with Crippen molar-refractivity contribution in [2.24, 2.45) is 5.92 Å². The van der Waals surface area contributed by atoms with E-state index in [2.05, 4.69) is 27.0 Å². The third-order valence-electron chi connectivity index (χ3n) is 5.98. The van der Waals surface area contributed by atoms with E-state index >= 15 is 0 Å². The van der Waals surface area contributed by atoms with Crippen molar-refractivity contribution >= 4 is 33.2 Å². The predicted molar refractivity (Wildman–Crippen MR) is 142 cm³/mol. The summed E-state index contributed by atoms with van der Waals surface area (Å²) in [5, 5.41) is 3.54. The topological polar surface area (TPSA) is 163 Å². The van der Waals surface area contributed by atoms with Gasteiger partial charge < -0.3 is 14.4 Å². The number of hydrogen-bond acceptors (Lipinski definition) is 5. The first-order chi connectivity index (χ1) is 17.8. The van der Waals surface area contributed by atoms with Crippen LogP contribution in [0.3, 0.4) is 0 Å². The summed E-state index contributed by atoms with van der Waals surface area (Å²) in [4.78, 5) is 49.2. The predicted octanol–water partition coefficient (Wildman–Crippen LogP) is 4.85. The van der Waals surface area contributed by atoms with E-state index in [1.807, 2.05) is 24.3 Å². The molecule has 3 rings (SSSR count). The van der Waals surface area contributed by atoms with Gasteiger partial charge in [-0.3, -0.25) is 24.4 Å². The lowest BCUT2D eigenvalue weighted by molar-refractivity contribution is -0.117. The maximum atomic E-state index is 12.9. The molecule has 1 atom stereocenters. The molecule has 0 bridgehead atoms. The molecule has 1 unspecified atom stereocenters. The molecule has 0 fully saturated rings. The van der Waals surface area contributed by atoms with Crippen molar-refractivity contribution in [1.29, 1.82) is 0 Å². The third kappa shape index (κ3) is 10.1. The van der Waals surface area contributed by atoms with Crippen LogP contribution in [0.2, 0.25) is 5.02 Å². The Labute approximate surface area is 225 Å². The summed E-state index contributed by atoms with van der Waals surface area (Å²) < 4.78 is 31.4. The molecule has 0 saturated heterocycles. The van der Waals surface area contributed by atoms with Gasteiger partial charge in [0.05, 0.1) is 5.57 Å². The molecule has 13 heteroatoms. The Morgan fingerprint density at radius 3 is 2.21 bits per heavy atom. The summed E-state index contributed by atoms with van der Waals surface area (Å²) in [6, 6.07) is 11.5. The summed E-state index contributed by atoms with van der Waals surface area (Å²) in [5.41, 5.74) is 6.65. The molecule has 0 aliphatic heterocycles. The number of benzene rings is 2. The second-order valence-corrected chi connectivity index (χ2v) is 11.7. The van der Waals surface area contributed by atoms with Crippen molar-refractivity contribution in [3.63, 3.8) is 0 Å². The third-order valence-corrected chi connectivity index (χ3v) is 7.10. The Morgan fingerprint density at radius 2 is 1.58 bits per heavy atom. The summed E-state index contributed by atoms with van der Waals surface area (Å²) in [7, 11) is -10.0. The molecule has 0 radical (unpaired) electrons. The first kappa shape index (κ1) is 30.2. The molecule has 206 valence electrons. The molecule has 1 amide bonds. The van der Waals surface area contributed by atoms with Gasteiger partial charge >= 0.3 is 15.6 Å². The summed E-state index contributed by atoms with van der Waals surface area (Å²) >= 11 is 5.96. The van der Waals surface area contributed by atoms with Crippen molar-refractivity contribution in [1.82, 2.24) is 5.32 Å². The van der Waals surface area contributed by atoms with Crippen LogP contribution in [0.1, 0.15) is 43.7 Å². The molecule has 5 N–H and O–H groups in total. The van der Waals surface area contributed by atoms with Crippen molar-refractivity contribution in [3.8, 4) is 11.5 Å². The lowest BCUT2D eigenvalue weighted by atomic mass is 9.84. The number of rotatable bonds is 12. The first-order valence-corrected chi connectivity index (χ1v) is 15.4. The van der Waals surface area contributed by atoms with Crippen LogP contribution >= 0.6 is 27.2 Å². The number of nitrogens with one attached hydrogen (secondary N) is 1. The quantitative estimate of drug-likeness (QED) is 0.173. The first-order valence-electron chi connectivity index (χ1n) is 11.9. The Hall–Kier alpha value is -2.38. The number of carbonyl (C=O) groups excluding carboxylic acids is 1. The highest BCUT2D eigenvalue weighted by Crippen LogP contribution is 2.47. The van der Waals surface area contributed by atoms with Gasteiger partial charge in [0, 0.05) is 11.6 Å². The van der Waals surface area contributed by atoms with Gasteiger partial charge in [0.2, 0.25) is 0 Å². The number of carbonyl (C=O) groups is 1. The zero-order valence-corrected chi connectivity index (χ0v) is 23.2. The SMILES string of the molecule is CCC1CC(CCc2ccc(Cl)cc2)=C=C(C(=O)NCCc2ccc(OP(=O)(O)O)c(OP(=O)(O)O)c2)C1. The van der Waals surface area contributed by atoms with Gasteiger partial charge in [-0.1, -0.05) is 43.1 Å². The van der Waals surface area contributed by atoms with E-state index in [0.29, 0.717) is 28.5 Å². The summed E-state index contributed by atoms with van der Waals surface area (Å²) in [6.07, 6.45) is 4.34. The highest BCUT2D eigenvalue weighted by atomic mass is 35.5. The van der Waals surface area contributed by atoms with E-state index in [9.17, 15) is 13.9 Å². The largest absolute Gasteiger partial charge is 0.524 e. The van der Waals surface area contributed by atoms with Gasteiger partial charge in [-0.15, -0.1) is 5.73 Å². The molecule has 2 aromatic carbocycles. The molecule has 10 nitrogen and oxygen atoms in total. The van der Waals surface area contributed by atoms with Gasteiger partial charge in [-0.2, -0.15) is 0 Å². The summed E-state index contributed by atoms with van der Waals surface area (Å²) in [6.45, 7) is 2.30. The Morgan fingerprint density at radius 1 is 0.947 bits per heavy atom. The lowest BCUT2D eigenvalue weighted by Gasteiger charge is -2.21. The Kier molecular flexibility index (Phi) is 10.4. The molecule has 1 aliphatic rings. The zero-order chi connectivity index (χ0) is 27.9. The van der Waals surface area contributed by atoms with Crippen LogP contribution < -0.4 is 14.4 Å². The highest BCUT2D eigenvalue weighted by Gasteiger charge is 2.25. The fourth-order valence-corrected chi connectivity index (χ4v) is 5.04. The molecule has 0 saturated carbocycles. The maximum absolute atomic E-state index is 12.9. The van der Waals surface area contributed by atoms with E-state index in [-0.39, 0.29) is 18.9 Å². The van der Waals surface area contributed by atoms with E-state index in [1.165, 1.54) is 12.1 Å². The monoisotopic (exact) mass is 585 g/mol. The van der Waals surface area contributed by atoms with Crippen molar-refractivity contribution in [2.75, 3.05) is 6.54 Å². The zero-order valence-electron chi connectivity index (χ0n) is 20.7. The number of halogens is 1. The highest BCUT2D eigenvalue weighted by molar-refractivity contribution is 7.47. The van der Waals surface area contributed by atoms with Gasteiger partial charge in [-0.05, 0) is 79.0 Å². The van der Waals surface area contributed by atoms with Crippen LogP contribution in [-0.4, -0.2) is 32.0 Å². The van der Waals surface area contributed by atoms with Gasteiger partial charge in [0.25, 0.3) is 5.91 Å². The molecule has 1 aliphatic carbocycles. The maximum Gasteiger partial charge on any atom is 0.524 e. The second kappa shape index (κ2) is 13.1. The van der Waals surface area contributed by atoms with Gasteiger partial charge in [0.15, 0.2) is 11.5 Å². The average Bonchev–Trinajstić information content (AvgIpc) is 2.83. The minimum Gasteiger partial charge on any atom is -0.400 e. The minimum atomic E-state index is -5.03. The number of phosphoric ester groups is 2. The standard InChI is InChI=1S/C25H30ClNO9P2/c1-2-17-13-20(4-3-18-5-8-22(26)9-6-18)15-21(14-17)25(28)27-12-11-19-7-10-23(35-37(29,30)31)24(16-19)36-38(32,33)34/h5-10,16-17H,2-4,11-14H2,1H3,(H,27,28)(H2,29,30,31)(H2,32,33,34). The van der Waals surface area contributed by atoms with Crippen LogP contribution in [0.5, 0.6) is 11.5 Å². The fourth-order valence-electron chi connectivity index (χ4n) is 4.11. The van der Waals surface area contributed by atoms with Crippen LogP contribution in [0, 0.1) is 5.92 Å². The smallest absolute Gasteiger partial charge is 0.400 e. The normalized spacial score (nSPS) is 15.9. The van der Waals surface area contributed by atoms with Crippen LogP contribution in [0.15, 0.2) is 59.3 Å². The lowest BCUT2D eigenvalue weighted by Crippen LogP contribution is -2.28. The van der Waals surface area contributed by atoms with E-state index in [0.717, 1.165) is 42.9 Å². The fraction of sp³-hybridized carbons (Fsp3) is 0.360. The number of phosphoric acid groups is 2. The molecule has 0 heterocycles. The van der Waals surface area contributed by atoms with E-state index in [1.54, 1.807) is 0 Å². The molecular formula is C25H30ClNO9P2. The second-order valence-electron chi connectivity index (χ2n) is 8.97. The number of hydrogen-bond donors (Lipinski definition) is 5.